The second kappa shape index (κ2) is 10.2. The van der Waals surface area contributed by atoms with E-state index >= 15 is 0 Å². The number of benzene rings is 1. The lowest BCUT2D eigenvalue weighted by molar-refractivity contribution is -0.161. The highest BCUT2D eigenvalue weighted by molar-refractivity contribution is 6.32. The van der Waals surface area contributed by atoms with E-state index in [1.54, 1.807) is 0 Å². The van der Waals surface area contributed by atoms with Crippen molar-refractivity contribution in [3.8, 4) is 0 Å². The van der Waals surface area contributed by atoms with Crippen LogP contribution in [0.1, 0.15) is 18.9 Å². The molecule has 0 saturated heterocycles. The molecule has 23 heavy (non-hydrogen) atoms. The molecule has 2 N–H and O–H groups in total. The molecule has 0 aliphatic heterocycles. The lowest BCUT2D eigenvalue weighted by Crippen LogP contribution is -2.40. The number of amides is 2. The van der Waals surface area contributed by atoms with Crippen LogP contribution in [0.25, 0.3) is 0 Å². The summed E-state index contributed by atoms with van der Waals surface area (Å²) in [5.74, 6) is -2.39. The Balaban J connectivity index is 2.24. The van der Waals surface area contributed by atoms with Crippen LogP contribution in [0.5, 0.6) is 0 Å². The topological polar surface area (TPSA) is 84.5 Å². The van der Waals surface area contributed by atoms with E-state index in [2.05, 4.69) is 17.2 Å². The van der Waals surface area contributed by atoms with Crippen LogP contribution in [0.4, 0.5) is 0 Å². The van der Waals surface area contributed by atoms with Gasteiger partial charge in [0, 0.05) is 13.1 Å². The molecular formula is C17H22N2O4. The highest BCUT2D eigenvalue weighted by atomic mass is 16.6. The van der Waals surface area contributed by atoms with Crippen molar-refractivity contribution in [2.75, 3.05) is 13.1 Å². The first kappa shape index (κ1) is 18.4. The third-order valence-electron chi connectivity index (χ3n) is 3.03. The third kappa shape index (κ3) is 7.26. The molecule has 0 aliphatic rings. The van der Waals surface area contributed by atoms with E-state index < -0.39 is 23.9 Å². The van der Waals surface area contributed by atoms with Gasteiger partial charge in [0.25, 0.3) is 5.91 Å². The average Bonchev–Trinajstić information content (AvgIpc) is 2.57. The predicted octanol–water partition coefficient (Wildman–Crippen LogP) is 0.969. The summed E-state index contributed by atoms with van der Waals surface area (Å²) in [5, 5.41) is 4.96. The smallest absolute Gasteiger partial charge is 0.397 e. The molecule has 0 aliphatic carbocycles. The minimum absolute atomic E-state index is 0.270. The van der Waals surface area contributed by atoms with Gasteiger partial charge in [-0.05, 0) is 25.3 Å². The van der Waals surface area contributed by atoms with Gasteiger partial charge in [-0.2, -0.15) is 0 Å². The minimum atomic E-state index is -1.06. The van der Waals surface area contributed by atoms with Crippen LogP contribution in [0.3, 0.4) is 0 Å². The fourth-order valence-corrected chi connectivity index (χ4v) is 1.80. The number of hydrogen-bond donors (Lipinski definition) is 2. The average molecular weight is 318 g/mol. The second-order valence-electron chi connectivity index (χ2n) is 4.93. The van der Waals surface area contributed by atoms with Gasteiger partial charge < -0.3 is 15.4 Å². The van der Waals surface area contributed by atoms with Crippen LogP contribution in [0, 0.1) is 0 Å². The molecule has 0 aromatic heterocycles. The SMILES string of the molecule is C=CCNC(=O)[C@H](C)OC(=O)C(=O)NCCCc1ccccc1. The van der Waals surface area contributed by atoms with Gasteiger partial charge in [0.15, 0.2) is 6.10 Å². The molecule has 0 fully saturated rings. The van der Waals surface area contributed by atoms with Crippen molar-refractivity contribution in [2.45, 2.75) is 25.9 Å². The number of carbonyl (C=O) groups is 3. The van der Waals surface area contributed by atoms with Gasteiger partial charge in [0.05, 0.1) is 0 Å². The summed E-state index contributed by atoms with van der Waals surface area (Å²) < 4.78 is 4.79. The summed E-state index contributed by atoms with van der Waals surface area (Å²) in [6.45, 7) is 5.49. The van der Waals surface area contributed by atoms with Crippen molar-refractivity contribution in [3.63, 3.8) is 0 Å². The third-order valence-corrected chi connectivity index (χ3v) is 3.03. The van der Waals surface area contributed by atoms with Gasteiger partial charge in [-0.1, -0.05) is 36.4 Å². The summed E-state index contributed by atoms with van der Waals surface area (Å²) in [6, 6.07) is 9.83. The Morgan fingerprint density at radius 1 is 1.22 bits per heavy atom. The zero-order valence-corrected chi connectivity index (χ0v) is 13.2. The van der Waals surface area contributed by atoms with E-state index in [4.69, 9.17) is 4.74 Å². The number of hydrogen-bond acceptors (Lipinski definition) is 4. The van der Waals surface area contributed by atoms with Crippen LogP contribution in [0.15, 0.2) is 43.0 Å². The molecular weight excluding hydrogens is 296 g/mol. The zero-order chi connectivity index (χ0) is 17.1. The zero-order valence-electron chi connectivity index (χ0n) is 13.2. The van der Waals surface area contributed by atoms with Gasteiger partial charge in [0.1, 0.15) is 0 Å². The minimum Gasteiger partial charge on any atom is -0.445 e. The summed E-state index contributed by atoms with van der Waals surface area (Å²) in [7, 11) is 0. The lowest BCUT2D eigenvalue weighted by atomic mass is 10.1. The van der Waals surface area contributed by atoms with Crippen molar-refractivity contribution in [1.29, 1.82) is 0 Å². The number of nitrogens with one attached hydrogen (secondary N) is 2. The molecule has 0 spiro atoms. The van der Waals surface area contributed by atoms with Crippen molar-refractivity contribution in [2.24, 2.45) is 0 Å². The van der Waals surface area contributed by atoms with Gasteiger partial charge in [-0.3, -0.25) is 9.59 Å². The molecule has 6 nitrogen and oxygen atoms in total. The maximum Gasteiger partial charge on any atom is 0.397 e. The Morgan fingerprint density at radius 2 is 1.91 bits per heavy atom. The largest absolute Gasteiger partial charge is 0.445 e. The summed E-state index contributed by atoms with van der Waals surface area (Å²) >= 11 is 0. The van der Waals surface area contributed by atoms with Gasteiger partial charge in [-0.25, -0.2) is 4.79 Å². The first-order valence-electron chi connectivity index (χ1n) is 7.46. The second-order valence-corrected chi connectivity index (χ2v) is 4.93. The summed E-state index contributed by atoms with van der Waals surface area (Å²) in [4.78, 5) is 34.7. The van der Waals surface area contributed by atoms with Crippen LogP contribution in [0.2, 0.25) is 0 Å². The predicted molar refractivity (Wildman–Crippen MR) is 86.5 cm³/mol. The molecule has 1 aromatic carbocycles. The van der Waals surface area contributed by atoms with E-state index in [1.165, 1.54) is 13.0 Å². The van der Waals surface area contributed by atoms with Crippen molar-refractivity contribution >= 4 is 17.8 Å². The quantitative estimate of drug-likeness (QED) is 0.324. The Hall–Kier alpha value is -2.63. The van der Waals surface area contributed by atoms with Crippen molar-refractivity contribution in [3.05, 3.63) is 48.6 Å². The fraction of sp³-hybridized carbons (Fsp3) is 0.353. The molecule has 0 unspecified atom stereocenters. The van der Waals surface area contributed by atoms with Crippen molar-refractivity contribution in [1.82, 2.24) is 10.6 Å². The van der Waals surface area contributed by atoms with E-state index in [-0.39, 0.29) is 6.54 Å². The molecule has 1 aromatic rings. The number of ether oxygens (including phenoxy) is 1. The first-order chi connectivity index (χ1) is 11.0. The molecule has 6 heteroatoms. The van der Waals surface area contributed by atoms with Crippen LogP contribution < -0.4 is 10.6 Å². The van der Waals surface area contributed by atoms with E-state index in [0.29, 0.717) is 13.0 Å². The number of esters is 1. The normalized spacial score (nSPS) is 11.2. The molecule has 1 atom stereocenters. The number of aryl methyl sites for hydroxylation is 1. The summed E-state index contributed by atoms with van der Waals surface area (Å²) in [6.07, 6.45) is 1.98. The molecule has 2 amide bonds. The van der Waals surface area contributed by atoms with Gasteiger partial charge in [-0.15, -0.1) is 6.58 Å². The lowest BCUT2D eigenvalue weighted by Gasteiger charge is -2.12. The molecule has 124 valence electrons. The van der Waals surface area contributed by atoms with Crippen LogP contribution in [-0.4, -0.2) is 37.0 Å². The Bertz CT molecular complexity index is 543. The highest BCUT2D eigenvalue weighted by Crippen LogP contribution is 2.01. The Labute approximate surface area is 135 Å². The number of carbonyl (C=O) groups excluding carboxylic acids is 3. The monoisotopic (exact) mass is 318 g/mol. The van der Waals surface area contributed by atoms with E-state index in [0.717, 1.165) is 12.0 Å². The molecule has 0 radical (unpaired) electrons. The van der Waals surface area contributed by atoms with Crippen LogP contribution in [-0.2, 0) is 25.5 Å². The highest BCUT2D eigenvalue weighted by Gasteiger charge is 2.22. The van der Waals surface area contributed by atoms with Gasteiger partial charge >= 0.3 is 11.9 Å². The molecule has 0 saturated carbocycles. The fourth-order valence-electron chi connectivity index (χ4n) is 1.80. The molecule has 1 rings (SSSR count). The van der Waals surface area contributed by atoms with E-state index in [1.807, 2.05) is 30.3 Å². The van der Waals surface area contributed by atoms with Crippen molar-refractivity contribution < 1.29 is 19.1 Å². The molecule has 0 heterocycles. The van der Waals surface area contributed by atoms with Gasteiger partial charge in [0.2, 0.25) is 0 Å². The molecule has 0 bridgehead atoms. The Morgan fingerprint density at radius 3 is 2.57 bits per heavy atom. The van der Waals surface area contributed by atoms with Crippen LogP contribution >= 0.6 is 0 Å². The first-order valence-corrected chi connectivity index (χ1v) is 7.46. The summed E-state index contributed by atoms with van der Waals surface area (Å²) in [5.41, 5.74) is 1.16. The number of rotatable bonds is 8. The maximum atomic E-state index is 11.6. The standard InChI is InChI=1S/C17H22N2O4/c1-3-11-18-15(20)13(2)23-17(22)16(21)19-12-7-10-14-8-5-4-6-9-14/h3-6,8-9,13H,1,7,10-12H2,2H3,(H,18,20)(H,19,21)/t13-/m0/s1. The Kier molecular flexibility index (Phi) is 8.13. The van der Waals surface area contributed by atoms with E-state index in [9.17, 15) is 14.4 Å². The maximum absolute atomic E-state index is 11.6.